The molecule has 2 N–H and O–H groups in total. The molecule has 2 aliphatic rings. The lowest BCUT2D eigenvalue weighted by atomic mass is 9.89. The Morgan fingerprint density at radius 3 is 2.56 bits per heavy atom. The van der Waals surface area contributed by atoms with Gasteiger partial charge < -0.3 is 10.6 Å². The van der Waals surface area contributed by atoms with Crippen molar-refractivity contribution < 1.29 is 4.79 Å². The molecule has 2 atom stereocenters. The van der Waals surface area contributed by atoms with E-state index in [9.17, 15) is 4.79 Å². The van der Waals surface area contributed by atoms with E-state index in [4.69, 9.17) is 11.6 Å². The van der Waals surface area contributed by atoms with Crippen molar-refractivity contribution >= 4 is 17.5 Å². The summed E-state index contributed by atoms with van der Waals surface area (Å²) in [4.78, 5) is 11.6. The summed E-state index contributed by atoms with van der Waals surface area (Å²) in [7, 11) is 0. The van der Waals surface area contributed by atoms with Gasteiger partial charge in [-0.1, -0.05) is 18.2 Å². The van der Waals surface area contributed by atoms with Gasteiger partial charge in [0.2, 0.25) is 5.91 Å². The lowest BCUT2D eigenvalue weighted by molar-refractivity contribution is -0.122. The molecule has 0 aromatic heterocycles. The number of piperidine rings is 1. The lowest BCUT2D eigenvalue weighted by Crippen LogP contribution is -2.39. The highest BCUT2D eigenvalue weighted by Crippen LogP contribution is 2.32. The van der Waals surface area contributed by atoms with E-state index in [-0.39, 0.29) is 5.91 Å². The SMILES string of the molecule is C=C(Cl)CNC(=O)CC1CC2CCC(C1)N2. The fraction of sp³-hybridized carbons (Fsp3) is 0.750. The Kier molecular flexibility index (Phi) is 3.87. The summed E-state index contributed by atoms with van der Waals surface area (Å²) in [6, 6.07) is 1.30. The predicted octanol–water partition coefficient (Wildman–Crippen LogP) is 1.78. The molecule has 0 spiro atoms. The minimum Gasteiger partial charge on any atom is -0.351 e. The molecule has 0 saturated carbocycles. The molecule has 2 heterocycles. The van der Waals surface area contributed by atoms with E-state index in [2.05, 4.69) is 17.2 Å². The molecule has 1 amide bonds. The largest absolute Gasteiger partial charge is 0.351 e. The Labute approximate surface area is 102 Å². The van der Waals surface area contributed by atoms with Crippen LogP contribution in [0.5, 0.6) is 0 Å². The molecule has 4 heteroatoms. The van der Waals surface area contributed by atoms with Gasteiger partial charge in [0.1, 0.15) is 0 Å². The molecule has 2 unspecified atom stereocenters. The molecule has 0 aromatic carbocycles. The number of carbonyl (C=O) groups excluding carboxylic acids is 1. The molecule has 2 fully saturated rings. The van der Waals surface area contributed by atoms with E-state index in [1.54, 1.807) is 0 Å². The van der Waals surface area contributed by atoms with Crippen molar-refractivity contribution in [2.24, 2.45) is 5.92 Å². The first-order valence-electron chi connectivity index (χ1n) is 5.99. The third kappa shape index (κ3) is 3.22. The van der Waals surface area contributed by atoms with Crippen LogP contribution in [0.1, 0.15) is 32.1 Å². The van der Waals surface area contributed by atoms with Crippen molar-refractivity contribution in [3.05, 3.63) is 11.6 Å². The number of halogens is 1. The van der Waals surface area contributed by atoms with Crippen LogP contribution in [0.15, 0.2) is 11.6 Å². The van der Waals surface area contributed by atoms with Crippen LogP contribution in [0.2, 0.25) is 0 Å². The second-order valence-electron chi connectivity index (χ2n) is 4.97. The van der Waals surface area contributed by atoms with Crippen LogP contribution in [-0.4, -0.2) is 24.5 Å². The predicted molar refractivity (Wildman–Crippen MR) is 65.3 cm³/mol. The number of fused-ring (bicyclic) bond motifs is 2. The first kappa shape index (κ1) is 11.9. The number of rotatable bonds is 4. The van der Waals surface area contributed by atoms with Crippen LogP contribution in [0, 0.1) is 5.92 Å². The molecule has 16 heavy (non-hydrogen) atoms. The van der Waals surface area contributed by atoms with Gasteiger partial charge in [0, 0.05) is 23.5 Å². The molecular weight excluding hydrogens is 224 g/mol. The second kappa shape index (κ2) is 5.19. The van der Waals surface area contributed by atoms with Crippen LogP contribution < -0.4 is 10.6 Å². The van der Waals surface area contributed by atoms with Crippen molar-refractivity contribution in [2.75, 3.05) is 6.54 Å². The summed E-state index contributed by atoms with van der Waals surface area (Å²) in [5, 5.41) is 6.85. The Hall–Kier alpha value is -0.540. The smallest absolute Gasteiger partial charge is 0.220 e. The van der Waals surface area contributed by atoms with Crippen LogP contribution in [-0.2, 0) is 4.79 Å². The van der Waals surface area contributed by atoms with Gasteiger partial charge in [0.25, 0.3) is 0 Å². The van der Waals surface area contributed by atoms with Crippen molar-refractivity contribution in [2.45, 2.75) is 44.2 Å². The zero-order chi connectivity index (χ0) is 11.5. The topological polar surface area (TPSA) is 41.1 Å². The van der Waals surface area contributed by atoms with Crippen LogP contribution >= 0.6 is 11.6 Å². The Bertz CT molecular complexity index is 281. The minimum atomic E-state index is 0.105. The minimum absolute atomic E-state index is 0.105. The molecule has 0 radical (unpaired) electrons. The normalized spacial score (nSPS) is 32.4. The Morgan fingerprint density at radius 1 is 1.38 bits per heavy atom. The molecule has 2 rings (SSSR count). The van der Waals surface area contributed by atoms with E-state index in [0.29, 0.717) is 36.0 Å². The zero-order valence-corrected chi connectivity index (χ0v) is 10.2. The average molecular weight is 243 g/mol. The summed E-state index contributed by atoms with van der Waals surface area (Å²) in [5.74, 6) is 0.649. The van der Waals surface area contributed by atoms with Gasteiger partial charge in [-0.2, -0.15) is 0 Å². The quantitative estimate of drug-likeness (QED) is 0.789. The van der Waals surface area contributed by atoms with Crippen LogP contribution in [0.3, 0.4) is 0 Å². The van der Waals surface area contributed by atoms with Gasteiger partial charge in [0.15, 0.2) is 0 Å². The molecule has 2 saturated heterocycles. The number of hydrogen-bond acceptors (Lipinski definition) is 2. The highest BCUT2D eigenvalue weighted by atomic mass is 35.5. The standard InChI is InChI=1S/C12H19ClN2O/c1-8(13)7-14-12(16)6-9-4-10-2-3-11(5-9)15-10/h9-11,15H,1-7H2,(H,14,16). The van der Waals surface area contributed by atoms with Crippen LogP contribution in [0.4, 0.5) is 0 Å². The van der Waals surface area contributed by atoms with Gasteiger partial charge in [-0.3, -0.25) is 4.79 Å². The van der Waals surface area contributed by atoms with Gasteiger partial charge in [-0.25, -0.2) is 0 Å². The van der Waals surface area contributed by atoms with E-state index in [1.165, 1.54) is 12.8 Å². The van der Waals surface area contributed by atoms with E-state index < -0.39 is 0 Å². The summed E-state index contributed by atoms with van der Waals surface area (Å²) >= 11 is 5.60. The third-order valence-corrected chi connectivity index (χ3v) is 3.66. The lowest BCUT2D eigenvalue weighted by Gasteiger charge is -2.28. The highest BCUT2D eigenvalue weighted by molar-refractivity contribution is 6.29. The molecule has 0 aliphatic carbocycles. The van der Waals surface area contributed by atoms with Gasteiger partial charge in [0.05, 0.1) is 6.54 Å². The maximum Gasteiger partial charge on any atom is 0.220 e. The maximum absolute atomic E-state index is 11.6. The van der Waals surface area contributed by atoms with Gasteiger partial charge in [-0.05, 0) is 31.6 Å². The van der Waals surface area contributed by atoms with E-state index >= 15 is 0 Å². The van der Waals surface area contributed by atoms with Crippen molar-refractivity contribution in [3.63, 3.8) is 0 Å². The average Bonchev–Trinajstić information content (AvgIpc) is 2.55. The molecule has 3 nitrogen and oxygen atoms in total. The van der Waals surface area contributed by atoms with E-state index in [0.717, 1.165) is 12.8 Å². The third-order valence-electron chi connectivity index (χ3n) is 3.52. The van der Waals surface area contributed by atoms with E-state index in [1.807, 2.05) is 0 Å². The molecule has 2 aliphatic heterocycles. The molecular formula is C12H19ClN2O. The zero-order valence-electron chi connectivity index (χ0n) is 9.47. The summed E-state index contributed by atoms with van der Waals surface area (Å²) in [5.41, 5.74) is 0. The van der Waals surface area contributed by atoms with Gasteiger partial charge in [-0.15, -0.1) is 0 Å². The first-order valence-corrected chi connectivity index (χ1v) is 6.37. The monoisotopic (exact) mass is 242 g/mol. The summed E-state index contributed by atoms with van der Waals surface area (Å²) < 4.78 is 0. The van der Waals surface area contributed by atoms with Gasteiger partial charge >= 0.3 is 0 Å². The fourth-order valence-corrected chi connectivity index (χ4v) is 2.94. The molecule has 2 bridgehead atoms. The first-order chi connectivity index (χ1) is 7.63. The summed E-state index contributed by atoms with van der Waals surface area (Å²) in [6.45, 7) is 3.94. The summed E-state index contributed by atoms with van der Waals surface area (Å²) in [6.07, 6.45) is 5.48. The number of carbonyl (C=O) groups is 1. The van der Waals surface area contributed by atoms with Crippen LogP contribution in [0.25, 0.3) is 0 Å². The fourth-order valence-electron chi connectivity index (χ4n) is 2.87. The number of nitrogens with one attached hydrogen (secondary N) is 2. The van der Waals surface area contributed by atoms with Crippen molar-refractivity contribution in [1.29, 1.82) is 0 Å². The Balaban J connectivity index is 1.73. The Morgan fingerprint density at radius 2 is 2.00 bits per heavy atom. The second-order valence-corrected chi connectivity index (χ2v) is 5.51. The highest BCUT2D eigenvalue weighted by Gasteiger charge is 2.33. The number of hydrogen-bond donors (Lipinski definition) is 2. The maximum atomic E-state index is 11.6. The van der Waals surface area contributed by atoms with Crippen molar-refractivity contribution in [3.8, 4) is 0 Å². The van der Waals surface area contributed by atoms with Crippen molar-refractivity contribution in [1.82, 2.24) is 10.6 Å². The number of amides is 1. The molecule has 0 aromatic rings. The molecule has 90 valence electrons.